The summed E-state index contributed by atoms with van der Waals surface area (Å²) < 4.78 is 0. The van der Waals surface area contributed by atoms with Crippen LogP contribution in [-0.4, -0.2) is 24.5 Å². The van der Waals surface area contributed by atoms with E-state index in [0.29, 0.717) is 0 Å². The molecule has 1 heterocycles. The first-order chi connectivity index (χ1) is 7.18. The van der Waals surface area contributed by atoms with E-state index in [1.54, 1.807) is 4.90 Å². The number of thiocarbonyl (C=S) groups is 1. The molecule has 1 saturated carbocycles. The lowest BCUT2D eigenvalue weighted by Gasteiger charge is -2.40. The van der Waals surface area contributed by atoms with E-state index in [-0.39, 0.29) is 0 Å². The fourth-order valence-electron chi connectivity index (χ4n) is 2.93. The molecule has 0 aromatic heterocycles. The summed E-state index contributed by atoms with van der Waals surface area (Å²) in [5.41, 5.74) is 0. The SMILES string of the molecule is C[C@@H]1[C@@H](C)CCC[C@@H]1[NH+]1CNC(=S)NC1. The Bertz CT molecular complexity index is 234. The summed E-state index contributed by atoms with van der Waals surface area (Å²) in [6.07, 6.45) is 4.17. The average molecular weight is 228 g/mol. The molecule has 3 atom stereocenters. The van der Waals surface area contributed by atoms with Crippen LogP contribution in [0.25, 0.3) is 0 Å². The molecule has 1 aliphatic carbocycles. The van der Waals surface area contributed by atoms with Crippen molar-refractivity contribution in [1.82, 2.24) is 10.6 Å². The second kappa shape index (κ2) is 4.66. The van der Waals surface area contributed by atoms with Crippen molar-refractivity contribution in [1.29, 1.82) is 0 Å². The average Bonchev–Trinajstić information content (AvgIpc) is 2.24. The third kappa shape index (κ3) is 2.42. The summed E-state index contributed by atoms with van der Waals surface area (Å²) in [7, 11) is 0. The summed E-state index contributed by atoms with van der Waals surface area (Å²) in [5.74, 6) is 1.72. The van der Waals surface area contributed by atoms with Crippen LogP contribution in [0.1, 0.15) is 33.1 Å². The van der Waals surface area contributed by atoms with Crippen LogP contribution in [0.3, 0.4) is 0 Å². The van der Waals surface area contributed by atoms with Gasteiger partial charge >= 0.3 is 0 Å². The van der Waals surface area contributed by atoms with Crippen molar-refractivity contribution in [2.24, 2.45) is 11.8 Å². The third-order valence-electron chi connectivity index (χ3n) is 4.18. The van der Waals surface area contributed by atoms with Crippen LogP contribution in [0.5, 0.6) is 0 Å². The third-order valence-corrected chi connectivity index (χ3v) is 4.47. The number of hydrogen-bond acceptors (Lipinski definition) is 1. The topological polar surface area (TPSA) is 28.5 Å². The van der Waals surface area contributed by atoms with E-state index in [2.05, 4.69) is 24.5 Å². The number of quaternary nitrogens is 1. The molecule has 1 aliphatic heterocycles. The second-order valence-electron chi connectivity index (χ2n) is 5.07. The highest BCUT2D eigenvalue weighted by molar-refractivity contribution is 7.80. The molecule has 0 radical (unpaired) electrons. The normalized spacial score (nSPS) is 38.3. The Kier molecular flexibility index (Phi) is 3.46. The van der Waals surface area contributed by atoms with Gasteiger partial charge in [-0.25, -0.2) is 0 Å². The lowest BCUT2D eigenvalue weighted by atomic mass is 9.77. The molecule has 15 heavy (non-hydrogen) atoms. The first-order valence-electron chi connectivity index (χ1n) is 6.04. The van der Waals surface area contributed by atoms with E-state index in [4.69, 9.17) is 12.2 Å². The fraction of sp³-hybridized carbons (Fsp3) is 0.909. The molecule has 0 bridgehead atoms. The minimum absolute atomic E-state index is 0.803. The summed E-state index contributed by atoms with van der Waals surface area (Å²) in [6.45, 7) is 6.79. The first kappa shape index (κ1) is 11.1. The molecule has 0 spiro atoms. The zero-order valence-electron chi connectivity index (χ0n) is 9.68. The van der Waals surface area contributed by atoms with Gasteiger partial charge in [-0.05, 0) is 37.4 Å². The Morgan fingerprint density at radius 2 is 1.87 bits per heavy atom. The molecule has 0 aromatic carbocycles. The van der Waals surface area contributed by atoms with Crippen molar-refractivity contribution < 1.29 is 4.90 Å². The molecule has 0 unspecified atom stereocenters. The Labute approximate surface area is 97.6 Å². The second-order valence-corrected chi connectivity index (χ2v) is 5.48. The van der Waals surface area contributed by atoms with Gasteiger partial charge in [0.05, 0.1) is 6.04 Å². The molecule has 4 heteroatoms. The van der Waals surface area contributed by atoms with Crippen molar-refractivity contribution >= 4 is 17.3 Å². The first-order valence-corrected chi connectivity index (χ1v) is 6.45. The largest absolute Gasteiger partial charge is 0.316 e. The predicted molar refractivity (Wildman–Crippen MR) is 65.5 cm³/mol. The molecule has 3 nitrogen and oxygen atoms in total. The van der Waals surface area contributed by atoms with Crippen LogP contribution in [0.2, 0.25) is 0 Å². The van der Waals surface area contributed by atoms with Crippen LogP contribution in [-0.2, 0) is 0 Å². The van der Waals surface area contributed by atoms with E-state index < -0.39 is 0 Å². The highest BCUT2D eigenvalue weighted by Crippen LogP contribution is 2.27. The Morgan fingerprint density at radius 3 is 2.53 bits per heavy atom. The number of nitrogens with one attached hydrogen (secondary N) is 3. The molecule has 0 amide bonds. The molecular formula is C11H22N3S+. The van der Waals surface area contributed by atoms with Crippen LogP contribution in [0, 0.1) is 11.8 Å². The van der Waals surface area contributed by atoms with Gasteiger partial charge < -0.3 is 10.6 Å². The molecule has 2 fully saturated rings. The standard InChI is InChI=1S/C11H21N3S/c1-8-4-3-5-10(9(8)2)14-6-12-11(15)13-7-14/h8-10H,3-7H2,1-2H3,(H2,12,13,15)/p+1/t8-,9+,10-/m0/s1. The maximum atomic E-state index is 5.08. The smallest absolute Gasteiger partial charge is 0.174 e. The molecule has 0 aromatic rings. The maximum Gasteiger partial charge on any atom is 0.174 e. The van der Waals surface area contributed by atoms with Crippen LogP contribution >= 0.6 is 12.2 Å². The fourth-order valence-corrected chi connectivity index (χ4v) is 3.08. The van der Waals surface area contributed by atoms with Gasteiger partial charge in [0.1, 0.15) is 0 Å². The molecule has 3 N–H and O–H groups in total. The minimum atomic E-state index is 0.803. The Hall–Kier alpha value is -0.350. The molecule has 2 rings (SSSR count). The summed E-state index contributed by atoms with van der Waals surface area (Å²) in [6, 6.07) is 0.803. The number of rotatable bonds is 1. The van der Waals surface area contributed by atoms with Crippen molar-refractivity contribution in [3.05, 3.63) is 0 Å². The van der Waals surface area contributed by atoms with E-state index in [1.165, 1.54) is 19.3 Å². The zero-order valence-corrected chi connectivity index (χ0v) is 10.5. The van der Waals surface area contributed by atoms with Crippen molar-refractivity contribution in [3.8, 4) is 0 Å². The van der Waals surface area contributed by atoms with E-state index in [0.717, 1.165) is 36.3 Å². The molecule has 86 valence electrons. The van der Waals surface area contributed by atoms with Gasteiger partial charge in [0.15, 0.2) is 18.4 Å². The van der Waals surface area contributed by atoms with Gasteiger partial charge in [-0.15, -0.1) is 0 Å². The number of hydrogen-bond donors (Lipinski definition) is 3. The van der Waals surface area contributed by atoms with Crippen molar-refractivity contribution in [2.45, 2.75) is 39.2 Å². The zero-order chi connectivity index (χ0) is 10.8. The van der Waals surface area contributed by atoms with Gasteiger partial charge in [0, 0.05) is 5.92 Å². The van der Waals surface area contributed by atoms with Gasteiger partial charge in [0.25, 0.3) is 0 Å². The quantitative estimate of drug-likeness (QED) is 0.556. The molecule has 1 saturated heterocycles. The van der Waals surface area contributed by atoms with E-state index in [9.17, 15) is 0 Å². The monoisotopic (exact) mass is 228 g/mol. The van der Waals surface area contributed by atoms with E-state index in [1.807, 2.05) is 0 Å². The molecule has 2 aliphatic rings. The van der Waals surface area contributed by atoms with Gasteiger partial charge in [-0.2, -0.15) is 0 Å². The van der Waals surface area contributed by atoms with E-state index >= 15 is 0 Å². The van der Waals surface area contributed by atoms with Crippen molar-refractivity contribution in [2.75, 3.05) is 13.3 Å². The Balaban J connectivity index is 1.94. The lowest BCUT2D eigenvalue weighted by Crippen LogP contribution is -3.21. The van der Waals surface area contributed by atoms with Crippen LogP contribution in [0.15, 0.2) is 0 Å². The maximum absolute atomic E-state index is 5.08. The lowest BCUT2D eigenvalue weighted by molar-refractivity contribution is -0.936. The summed E-state index contributed by atoms with van der Waals surface area (Å²) in [5, 5.41) is 7.31. The van der Waals surface area contributed by atoms with Gasteiger partial charge in [0.2, 0.25) is 0 Å². The summed E-state index contributed by atoms with van der Waals surface area (Å²) in [4.78, 5) is 1.63. The molecular weight excluding hydrogens is 206 g/mol. The van der Waals surface area contributed by atoms with Gasteiger partial charge in [-0.3, -0.25) is 4.90 Å². The highest BCUT2D eigenvalue weighted by atomic mass is 32.1. The van der Waals surface area contributed by atoms with Crippen LogP contribution in [0.4, 0.5) is 0 Å². The Morgan fingerprint density at radius 1 is 1.20 bits per heavy atom. The van der Waals surface area contributed by atoms with Gasteiger partial charge in [-0.1, -0.05) is 13.8 Å². The van der Waals surface area contributed by atoms with Crippen LogP contribution < -0.4 is 15.5 Å². The summed E-state index contributed by atoms with van der Waals surface area (Å²) >= 11 is 5.08. The highest BCUT2D eigenvalue weighted by Gasteiger charge is 2.35. The van der Waals surface area contributed by atoms with Crippen molar-refractivity contribution in [3.63, 3.8) is 0 Å². The minimum Gasteiger partial charge on any atom is -0.316 e. The predicted octanol–water partition coefficient (Wildman–Crippen LogP) is 0.0887.